The number of carbonyl (C=O) groups excluding carboxylic acids is 2. The number of hydrogen-bond acceptors (Lipinski definition) is 11. The number of nitrogens with one attached hydrogen (secondary N) is 4. The molecule has 1 aliphatic carbocycles. The van der Waals surface area contributed by atoms with Gasteiger partial charge in [-0.25, -0.2) is 19.3 Å². The van der Waals surface area contributed by atoms with E-state index in [0.29, 0.717) is 60.2 Å². The van der Waals surface area contributed by atoms with E-state index in [1.165, 1.54) is 11.3 Å². The third-order valence-corrected chi connectivity index (χ3v) is 12.6. The minimum absolute atomic E-state index is 0.171. The summed E-state index contributed by atoms with van der Waals surface area (Å²) in [7, 11) is 0. The minimum Gasteiger partial charge on any atom is -0.374 e. The molecule has 0 radical (unpaired) electrons. The van der Waals surface area contributed by atoms with Crippen molar-refractivity contribution in [2.45, 2.75) is 95.3 Å². The molecule has 0 bridgehead atoms. The molecule has 3 fully saturated rings. The van der Waals surface area contributed by atoms with Gasteiger partial charge in [-0.2, -0.15) is 4.98 Å². The molecule has 2 unspecified atom stereocenters. The first-order chi connectivity index (χ1) is 28.8. The number of rotatable bonds is 12. The van der Waals surface area contributed by atoms with Crippen molar-refractivity contribution >= 4 is 51.5 Å². The molecule has 14 heteroatoms. The molecule has 0 saturated carbocycles. The number of fused-ring (bicyclic) bond motifs is 2. The Balaban J connectivity index is 0.784. The summed E-state index contributed by atoms with van der Waals surface area (Å²) in [6.45, 7) is 10.4. The van der Waals surface area contributed by atoms with E-state index in [2.05, 4.69) is 92.0 Å². The van der Waals surface area contributed by atoms with Crippen LogP contribution in [-0.4, -0.2) is 80.4 Å². The number of hydrogen-bond donors (Lipinski definition) is 4. The summed E-state index contributed by atoms with van der Waals surface area (Å²) in [5, 5.41) is 13.5. The standard InChI is InChI=1S/C45H53N11O3/c1-3-22-55-44(59)37-28-46-45(52-42(37)56(55)39-16-10-30-9-8-29(4-2)41(30)50-39)49-31-11-13-35(14-12-31)53-23-18-32(19-24-53)47-33-20-25-54(26-21-33)36-7-5-6-34(27-36)48-38-15-17-40(57)51-43(38)58/h3,5-7,10-14,16,27-29,32-33,38,47-48H,1,4,8-9,15,17-26H2,2H3,(H,46,49,52)(H,51,57,58). The zero-order chi connectivity index (χ0) is 40.5. The maximum Gasteiger partial charge on any atom is 0.278 e. The predicted molar refractivity (Wildman–Crippen MR) is 232 cm³/mol. The van der Waals surface area contributed by atoms with E-state index < -0.39 is 0 Å². The topological polar surface area (TPSA) is 154 Å². The lowest BCUT2D eigenvalue weighted by atomic mass is 9.98. The molecule has 2 amide bonds. The van der Waals surface area contributed by atoms with Crippen molar-refractivity contribution in [1.29, 1.82) is 0 Å². The highest BCUT2D eigenvalue weighted by Gasteiger charge is 2.29. The first-order valence-corrected chi connectivity index (χ1v) is 21.3. The van der Waals surface area contributed by atoms with Crippen molar-refractivity contribution in [2.75, 3.05) is 46.6 Å². The molecule has 4 aliphatic rings. The molecule has 5 aromatic rings. The highest BCUT2D eigenvalue weighted by molar-refractivity contribution is 6.01. The molecule has 306 valence electrons. The second-order valence-corrected chi connectivity index (χ2v) is 16.3. The number of pyridine rings is 1. The van der Waals surface area contributed by atoms with Gasteiger partial charge in [0.05, 0.1) is 6.54 Å². The van der Waals surface area contributed by atoms with Crippen LogP contribution in [0, 0.1) is 0 Å². The van der Waals surface area contributed by atoms with Gasteiger partial charge in [0.2, 0.25) is 17.8 Å². The van der Waals surface area contributed by atoms with Gasteiger partial charge in [-0.15, -0.1) is 6.58 Å². The molecule has 0 spiro atoms. The lowest BCUT2D eigenvalue weighted by molar-refractivity contribution is -0.133. The van der Waals surface area contributed by atoms with E-state index in [0.717, 1.165) is 93.9 Å². The molecule has 6 heterocycles. The van der Waals surface area contributed by atoms with Crippen LogP contribution in [0.25, 0.3) is 16.9 Å². The predicted octanol–water partition coefficient (Wildman–Crippen LogP) is 5.79. The Labute approximate surface area is 344 Å². The number of anilines is 5. The number of imide groups is 1. The molecule has 3 aliphatic heterocycles. The number of allylic oxidation sites excluding steroid dienone is 1. The van der Waals surface area contributed by atoms with Crippen molar-refractivity contribution in [2.24, 2.45) is 0 Å². The average Bonchev–Trinajstić information content (AvgIpc) is 3.80. The van der Waals surface area contributed by atoms with Crippen LogP contribution in [0.1, 0.15) is 75.5 Å². The van der Waals surface area contributed by atoms with E-state index >= 15 is 0 Å². The van der Waals surface area contributed by atoms with E-state index in [4.69, 9.17) is 9.97 Å². The van der Waals surface area contributed by atoms with Gasteiger partial charge in [0.15, 0.2) is 11.5 Å². The summed E-state index contributed by atoms with van der Waals surface area (Å²) in [6, 6.07) is 21.4. The third-order valence-electron chi connectivity index (χ3n) is 12.6. The molecule has 4 N–H and O–H groups in total. The van der Waals surface area contributed by atoms with Crippen molar-refractivity contribution in [3.63, 3.8) is 0 Å². The van der Waals surface area contributed by atoms with Gasteiger partial charge >= 0.3 is 0 Å². The monoisotopic (exact) mass is 795 g/mol. The Morgan fingerprint density at radius 3 is 2.29 bits per heavy atom. The normalized spacial score (nSPS) is 20.2. The average molecular weight is 796 g/mol. The number of aromatic nitrogens is 5. The fraction of sp³-hybridized carbons (Fsp3) is 0.422. The quantitative estimate of drug-likeness (QED) is 0.0897. The van der Waals surface area contributed by atoms with E-state index in [1.807, 2.05) is 22.9 Å². The Hall–Kier alpha value is -6.02. The van der Waals surface area contributed by atoms with Crippen LogP contribution >= 0.6 is 0 Å². The lowest BCUT2D eigenvalue weighted by Gasteiger charge is -2.39. The number of piperidine rings is 3. The van der Waals surface area contributed by atoms with Gasteiger partial charge in [0.1, 0.15) is 11.4 Å². The number of aryl methyl sites for hydroxylation is 1. The number of nitrogens with zero attached hydrogens (tertiary/aromatic N) is 7. The second-order valence-electron chi connectivity index (χ2n) is 16.3. The molecule has 2 aromatic carbocycles. The smallest absolute Gasteiger partial charge is 0.278 e. The first kappa shape index (κ1) is 38.5. The third kappa shape index (κ3) is 8.05. The number of benzene rings is 2. The molecule has 59 heavy (non-hydrogen) atoms. The summed E-state index contributed by atoms with van der Waals surface area (Å²) in [4.78, 5) is 56.6. The zero-order valence-corrected chi connectivity index (χ0v) is 33.7. The Morgan fingerprint density at radius 1 is 0.831 bits per heavy atom. The minimum atomic E-state index is -0.387. The Kier molecular flexibility index (Phi) is 10.9. The van der Waals surface area contributed by atoms with Gasteiger partial charge in [0, 0.05) is 85.2 Å². The van der Waals surface area contributed by atoms with Crippen LogP contribution in [-0.2, 0) is 22.6 Å². The maximum atomic E-state index is 13.5. The summed E-state index contributed by atoms with van der Waals surface area (Å²) < 4.78 is 3.44. The van der Waals surface area contributed by atoms with E-state index in [-0.39, 0.29) is 23.4 Å². The summed E-state index contributed by atoms with van der Waals surface area (Å²) >= 11 is 0. The fourth-order valence-electron chi connectivity index (χ4n) is 9.30. The number of carbonyl (C=O) groups is 2. The Morgan fingerprint density at radius 2 is 1.58 bits per heavy atom. The van der Waals surface area contributed by atoms with Crippen LogP contribution in [0.2, 0.25) is 0 Å². The van der Waals surface area contributed by atoms with Crippen LogP contribution < -0.4 is 36.6 Å². The van der Waals surface area contributed by atoms with Crippen molar-refractivity contribution < 1.29 is 9.59 Å². The van der Waals surface area contributed by atoms with Crippen LogP contribution in [0.3, 0.4) is 0 Å². The molecular weight excluding hydrogens is 743 g/mol. The summed E-state index contributed by atoms with van der Waals surface area (Å²) in [6.07, 6.45) is 11.7. The summed E-state index contributed by atoms with van der Waals surface area (Å²) in [5.74, 6) is 1.06. The highest BCUT2D eigenvalue weighted by Crippen LogP contribution is 2.35. The zero-order valence-electron chi connectivity index (χ0n) is 33.7. The van der Waals surface area contributed by atoms with E-state index in [1.54, 1.807) is 17.0 Å². The second kappa shape index (κ2) is 16.7. The number of amides is 2. The molecule has 3 saturated heterocycles. The van der Waals surface area contributed by atoms with Crippen LogP contribution in [0.4, 0.5) is 28.7 Å². The van der Waals surface area contributed by atoms with Gasteiger partial charge in [-0.3, -0.25) is 19.7 Å². The van der Waals surface area contributed by atoms with Crippen molar-refractivity contribution in [3.8, 4) is 5.82 Å². The SMILES string of the molecule is C=CCn1c(=O)c2cnc(Nc3ccc(N4CCC(NC5CCN(c6cccc(NC7CCC(=O)NC7=O)c6)CC5)CC4)cc3)nc2n1-c1ccc2c(n1)C(CC)CC2. The van der Waals surface area contributed by atoms with Gasteiger partial charge in [-0.1, -0.05) is 25.1 Å². The van der Waals surface area contributed by atoms with Gasteiger partial charge < -0.3 is 25.8 Å². The molecule has 3 aromatic heterocycles. The molecular formula is C45H53N11O3. The van der Waals surface area contributed by atoms with Crippen LogP contribution in [0.5, 0.6) is 0 Å². The highest BCUT2D eigenvalue weighted by atomic mass is 16.2. The molecule has 2 atom stereocenters. The molecule has 9 rings (SSSR count). The fourth-order valence-corrected chi connectivity index (χ4v) is 9.30. The lowest BCUT2D eigenvalue weighted by Crippen LogP contribution is -2.50. The summed E-state index contributed by atoms with van der Waals surface area (Å²) in [5.41, 5.74) is 6.87. The van der Waals surface area contributed by atoms with E-state index in [9.17, 15) is 14.4 Å². The van der Waals surface area contributed by atoms with Gasteiger partial charge in [-0.05, 0) is 105 Å². The van der Waals surface area contributed by atoms with Gasteiger partial charge in [0.25, 0.3) is 5.56 Å². The van der Waals surface area contributed by atoms with Crippen LogP contribution in [0.15, 0.2) is 84.3 Å². The molecule has 14 nitrogen and oxygen atoms in total. The Bertz CT molecular complexity index is 2410. The largest absolute Gasteiger partial charge is 0.374 e. The first-order valence-electron chi connectivity index (χ1n) is 21.3. The van der Waals surface area contributed by atoms with Crippen molar-refractivity contribution in [3.05, 3.63) is 101 Å². The van der Waals surface area contributed by atoms with Crippen molar-refractivity contribution in [1.82, 2.24) is 34.9 Å². The maximum absolute atomic E-state index is 13.5.